The Kier molecular flexibility index (Phi) is 4.48. The van der Waals surface area contributed by atoms with E-state index in [2.05, 4.69) is 0 Å². The highest BCUT2D eigenvalue weighted by molar-refractivity contribution is 7.90. The number of benzene rings is 2. The minimum Gasteiger partial charge on any atom is -0.456 e. The first-order valence-corrected chi connectivity index (χ1v) is 9.99. The third-order valence-corrected chi connectivity index (χ3v) is 5.35. The molecule has 6 heteroatoms. The zero-order valence-electron chi connectivity index (χ0n) is 14.7. The average molecular weight is 374 g/mol. The van der Waals surface area contributed by atoms with Gasteiger partial charge < -0.3 is 4.74 Å². The lowest BCUT2D eigenvalue weighted by molar-refractivity contribution is -0.143. The molecule has 2 aromatic carbocycles. The number of esters is 1. The molecule has 0 radical (unpaired) electrons. The summed E-state index contributed by atoms with van der Waals surface area (Å²) in [5.74, 6) is -0.790. The molecular formula is C20H19FO4S. The topological polar surface area (TPSA) is 60.4 Å². The molecule has 2 aromatic rings. The molecule has 1 saturated heterocycles. The van der Waals surface area contributed by atoms with Gasteiger partial charge in [-0.15, -0.1) is 0 Å². The van der Waals surface area contributed by atoms with Gasteiger partial charge in [0.2, 0.25) is 0 Å². The second-order valence-electron chi connectivity index (χ2n) is 6.98. The fourth-order valence-electron chi connectivity index (χ4n) is 3.04. The number of rotatable bonds is 3. The highest BCUT2D eigenvalue weighted by atomic mass is 32.2. The van der Waals surface area contributed by atoms with Crippen LogP contribution in [0.1, 0.15) is 31.4 Å². The van der Waals surface area contributed by atoms with Crippen LogP contribution < -0.4 is 0 Å². The molecule has 0 aromatic heterocycles. The number of carbonyl (C=O) groups is 1. The molecule has 1 aliphatic heterocycles. The highest BCUT2D eigenvalue weighted by Gasteiger charge is 2.37. The molecule has 26 heavy (non-hydrogen) atoms. The van der Waals surface area contributed by atoms with Gasteiger partial charge in [-0.1, -0.05) is 24.3 Å². The summed E-state index contributed by atoms with van der Waals surface area (Å²) >= 11 is 0. The molecule has 0 saturated carbocycles. The Morgan fingerprint density at radius 2 is 1.50 bits per heavy atom. The Balaban J connectivity index is 2.19. The number of hydrogen-bond acceptors (Lipinski definition) is 4. The van der Waals surface area contributed by atoms with Gasteiger partial charge in [0.1, 0.15) is 11.4 Å². The first-order valence-electron chi connectivity index (χ1n) is 8.10. The molecule has 0 bridgehead atoms. The Morgan fingerprint density at radius 1 is 1.00 bits per heavy atom. The van der Waals surface area contributed by atoms with Crippen molar-refractivity contribution in [1.82, 2.24) is 0 Å². The number of carbonyl (C=O) groups excluding carboxylic acids is 1. The van der Waals surface area contributed by atoms with Crippen LogP contribution in [0.3, 0.4) is 0 Å². The van der Waals surface area contributed by atoms with Crippen LogP contribution in [0.15, 0.2) is 59.0 Å². The van der Waals surface area contributed by atoms with Crippen LogP contribution in [0.25, 0.3) is 5.57 Å². The van der Waals surface area contributed by atoms with E-state index < -0.39 is 21.4 Å². The van der Waals surface area contributed by atoms with Gasteiger partial charge in [-0.3, -0.25) is 0 Å². The summed E-state index contributed by atoms with van der Waals surface area (Å²) in [6.07, 6.45) is 1.55. The molecule has 136 valence electrons. The molecule has 0 amide bonds. The van der Waals surface area contributed by atoms with Crippen molar-refractivity contribution in [3.8, 4) is 0 Å². The summed E-state index contributed by atoms with van der Waals surface area (Å²) in [4.78, 5) is 12.6. The fraction of sp³-hybridized carbons (Fsp3) is 0.250. The number of cyclic esters (lactones) is 1. The van der Waals surface area contributed by atoms with Crippen LogP contribution in [0.2, 0.25) is 0 Å². The van der Waals surface area contributed by atoms with Gasteiger partial charge in [0, 0.05) is 18.2 Å². The van der Waals surface area contributed by atoms with E-state index in [9.17, 15) is 17.6 Å². The lowest BCUT2D eigenvalue weighted by Gasteiger charge is -2.14. The van der Waals surface area contributed by atoms with Crippen molar-refractivity contribution in [2.45, 2.75) is 30.8 Å². The Hall–Kier alpha value is -2.47. The largest absolute Gasteiger partial charge is 0.456 e. The number of sulfone groups is 1. The normalized spacial score (nSPS) is 18.5. The van der Waals surface area contributed by atoms with Crippen LogP contribution in [0.4, 0.5) is 4.39 Å². The van der Waals surface area contributed by atoms with Gasteiger partial charge in [0.15, 0.2) is 9.84 Å². The van der Waals surface area contributed by atoms with Crippen molar-refractivity contribution < 1.29 is 22.3 Å². The standard InChI is InChI=1S/C20H19FO4S/c1-20(2)12-17(19(22)25-20)18(13-4-8-15(21)9-5-13)14-6-10-16(11-7-14)26(3,23)24/h4-11H,12H2,1-3H3. The summed E-state index contributed by atoms with van der Waals surface area (Å²) in [6, 6.07) is 12.2. The molecule has 0 aliphatic carbocycles. The average Bonchev–Trinajstić information content (AvgIpc) is 2.82. The summed E-state index contributed by atoms with van der Waals surface area (Å²) < 4.78 is 42.1. The van der Waals surface area contributed by atoms with Gasteiger partial charge in [0.05, 0.1) is 4.90 Å². The Bertz CT molecular complexity index is 985. The van der Waals surface area contributed by atoms with Gasteiger partial charge in [-0.05, 0) is 54.8 Å². The molecule has 4 nitrogen and oxygen atoms in total. The maximum atomic E-state index is 13.3. The maximum absolute atomic E-state index is 13.3. The first-order chi connectivity index (χ1) is 12.1. The fourth-order valence-corrected chi connectivity index (χ4v) is 3.67. The molecule has 0 spiro atoms. The monoisotopic (exact) mass is 374 g/mol. The van der Waals surface area contributed by atoms with Crippen LogP contribution in [-0.2, 0) is 19.4 Å². The Labute approximate surface area is 152 Å². The van der Waals surface area contributed by atoms with Crippen LogP contribution in [0, 0.1) is 5.82 Å². The van der Waals surface area contributed by atoms with E-state index >= 15 is 0 Å². The van der Waals surface area contributed by atoms with Gasteiger partial charge in [0.25, 0.3) is 0 Å². The van der Waals surface area contributed by atoms with E-state index in [1.807, 2.05) is 13.8 Å². The number of hydrogen-bond donors (Lipinski definition) is 0. The SMILES string of the molecule is CC1(C)CC(=C(c2ccc(F)cc2)c2ccc(S(C)(=O)=O)cc2)C(=O)O1. The third kappa shape index (κ3) is 3.70. The highest BCUT2D eigenvalue weighted by Crippen LogP contribution is 2.38. The summed E-state index contributed by atoms with van der Waals surface area (Å²) in [5.41, 5.74) is 1.84. The molecule has 0 atom stereocenters. The van der Waals surface area contributed by atoms with Crippen molar-refractivity contribution >= 4 is 21.4 Å². The van der Waals surface area contributed by atoms with E-state index in [0.717, 1.165) is 6.26 Å². The van der Waals surface area contributed by atoms with Crippen molar-refractivity contribution in [1.29, 1.82) is 0 Å². The van der Waals surface area contributed by atoms with Gasteiger partial charge in [-0.2, -0.15) is 0 Å². The maximum Gasteiger partial charge on any atom is 0.335 e. The Morgan fingerprint density at radius 3 is 1.92 bits per heavy atom. The predicted molar refractivity (Wildman–Crippen MR) is 96.8 cm³/mol. The lowest BCUT2D eigenvalue weighted by atomic mass is 9.89. The minimum atomic E-state index is -3.32. The zero-order chi connectivity index (χ0) is 19.1. The van der Waals surface area contributed by atoms with Gasteiger partial charge >= 0.3 is 5.97 Å². The second-order valence-corrected chi connectivity index (χ2v) is 9.00. The lowest BCUT2D eigenvalue weighted by Crippen LogP contribution is -2.17. The molecule has 1 heterocycles. The molecule has 0 unspecified atom stereocenters. The third-order valence-electron chi connectivity index (χ3n) is 4.22. The smallest absolute Gasteiger partial charge is 0.335 e. The quantitative estimate of drug-likeness (QED) is 0.606. The van der Waals surface area contributed by atoms with Crippen LogP contribution in [0.5, 0.6) is 0 Å². The summed E-state index contributed by atoms with van der Waals surface area (Å²) in [7, 11) is -3.32. The van der Waals surface area contributed by atoms with Crippen molar-refractivity contribution in [2.24, 2.45) is 0 Å². The van der Waals surface area contributed by atoms with Gasteiger partial charge in [-0.25, -0.2) is 17.6 Å². The zero-order valence-corrected chi connectivity index (χ0v) is 15.6. The number of ether oxygens (including phenoxy) is 1. The van der Waals surface area contributed by atoms with E-state index in [-0.39, 0.29) is 10.7 Å². The minimum absolute atomic E-state index is 0.194. The van der Waals surface area contributed by atoms with E-state index in [1.54, 1.807) is 24.3 Å². The molecule has 1 aliphatic rings. The summed E-state index contributed by atoms with van der Waals surface area (Å²) in [5, 5.41) is 0. The summed E-state index contributed by atoms with van der Waals surface area (Å²) in [6.45, 7) is 3.65. The van der Waals surface area contributed by atoms with Crippen LogP contribution >= 0.6 is 0 Å². The number of halogens is 1. The van der Waals surface area contributed by atoms with Crippen LogP contribution in [-0.4, -0.2) is 26.2 Å². The van der Waals surface area contributed by atoms with Crippen molar-refractivity contribution in [3.63, 3.8) is 0 Å². The van der Waals surface area contributed by atoms with Crippen molar-refractivity contribution in [3.05, 3.63) is 71.0 Å². The molecule has 0 N–H and O–H groups in total. The van der Waals surface area contributed by atoms with Crippen molar-refractivity contribution in [2.75, 3.05) is 6.26 Å². The molecule has 3 rings (SSSR count). The second kappa shape index (κ2) is 6.36. The molecule has 1 fully saturated rings. The molecular weight excluding hydrogens is 355 g/mol. The van der Waals surface area contributed by atoms with E-state index in [4.69, 9.17) is 4.74 Å². The van der Waals surface area contributed by atoms with E-state index in [0.29, 0.717) is 28.7 Å². The predicted octanol–water partition coefficient (Wildman–Crippen LogP) is 3.76. The first kappa shape index (κ1) is 18.3. The van der Waals surface area contributed by atoms with E-state index in [1.165, 1.54) is 24.3 Å².